The molecule has 19 heavy (non-hydrogen) atoms. The van der Waals surface area contributed by atoms with Crippen LogP contribution in [0.1, 0.15) is 49.4 Å². The zero-order valence-electron chi connectivity index (χ0n) is 11.1. The highest BCUT2D eigenvalue weighted by Gasteiger charge is 2.24. The quantitative estimate of drug-likeness (QED) is 0.840. The summed E-state index contributed by atoms with van der Waals surface area (Å²) in [6.07, 6.45) is 6.35. The topological polar surface area (TPSA) is 37.3 Å². The number of thioether (sulfide) groups is 1. The second kappa shape index (κ2) is 6.67. The van der Waals surface area contributed by atoms with Crippen molar-refractivity contribution in [3.05, 3.63) is 28.8 Å². The summed E-state index contributed by atoms with van der Waals surface area (Å²) in [6, 6.07) is 5.33. The van der Waals surface area contributed by atoms with Gasteiger partial charge in [0.1, 0.15) is 0 Å². The van der Waals surface area contributed by atoms with Gasteiger partial charge in [0.25, 0.3) is 0 Å². The number of carboxylic acid groups (broad SMARTS) is 1. The second-order valence-corrected chi connectivity index (χ2v) is 6.78. The van der Waals surface area contributed by atoms with Crippen molar-refractivity contribution in [2.75, 3.05) is 0 Å². The minimum Gasteiger partial charge on any atom is -0.478 e. The summed E-state index contributed by atoms with van der Waals surface area (Å²) in [4.78, 5) is 12.1. The van der Waals surface area contributed by atoms with Gasteiger partial charge in [0.2, 0.25) is 0 Å². The molecule has 2 atom stereocenters. The molecule has 0 amide bonds. The lowest BCUT2D eigenvalue weighted by atomic mass is 9.87. The first-order valence-corrected chi connectivity index (χ1v) is 8.07. The minimum absolute atomic E-state index is 0.204. The molecule has 0 spiro atoms. The number of carboxylic acids is 1. The number of halogens is 1. The van der Waals surface area contributed by atoms with E-state index in [0.29, 0.717) is 10.3 Å². The fourth-order valence-corrected chi connectivity index (χ4v) is 4.40. The maximum Gasteiger partial charge on any atom is 0.337 e. The second-order valence-electron chi connectivity index (χ2n) is 5.06. The molecule has 0 bridgehead atoms. The number of hydrogen-bond acceptors (Lipinski definition) is 2. The van der Waals surface area contributed by atoms with Crippen molar-refractivity contribution in [2.45, 2.75) is 49.2 Å². The van der Waals surface area contributed by atoms with E-state index in [1.807, 2.05) is 17.8 Å². The molecule has 0 radical (unpaired) electrons. The average molecular weight is 299 g/mol. The van der Waals surface area contributed by atoms with Gasteiger partial charge in [-0.05, 0) is 37.0 Å². The Morgan fingerprint density at radius 3 is 2.84 bits per heavy atom. The largest absolute Gasteiger partial charge is 0.478 e. The predicted octanol–water partition coefficient (Wildman–Crippen LogP) is 5.10. The molecule has 1 fully saturated rings. The van der Waals surface area contributed by atoms with Gasteiger partial charge in [0.15, 0.2) is 0 Å². The molecule has 1 aromatic carbocycles. The molecule has 104 valence electrons. The van der Waals surface area contributed by atoms with E-state index in [9.17, 15) is 4.79 Å². The Bertz CT molecular complexity index is 461. The van der Waals surface area contributed by atoms with Crippen LogP contribution in [0.4, 0.5) is 0 Å². The van der Waals surface area contributed by atoms with Gasteiger partial charge in [-0.3, -0.25) is 0 Å². The summed E-state index contributed by atoms with van der Waals surface area (Å²) < 4.78 is 0. The van der Waals surface area contributed by atoms with E-state index >= 15 is 0 Å². The van der Waals surface area contributed by atoms with Gasteiger partial charge in [-0.2, -0.15) is 0 Å². The lowest BCUT2D eigenvalue weighted by Gasteiger charge is -2.30. The third-order valence-electron chi connectivity index (χ3n) is 3.82. The molecule has 1 N–H and O–H groups in total. The summed E-state index contributed by atoms with van der Waals surface area (Å²) in [5.41, 5.74) is 0.204. The van der Waals surface area contributed by atoms with Crippen molar-refractivity contribution in [2.24, 2.45) is 5.92 Å². The number of benzene rings is 1. The van der Waals surface area contributed by atoms with Crippen LogP contribution in [0.15, 0.2) is 23.1 Å². The Balaban J connectivity index is 2.14. The fourth-order valence-electron chi connectivity index (χ4n) is 2.71. The van der Waals surface area contributed by atoms with Crippen molar-refractivity contribution in [1.82, 2.24) is 0 Å². The van der Waals surface area contributed by atoms with Crippen LogP contribution in [0.25, 0.3) is 0 Å². The zero-order valence-corrected chi connectivity index (χ0v) is 12.6. The van der Waals surface area contributed by atoms with Crippen LogP contribution in [0.5, 0.6) is 0 Å². The Hall–Kier alpha value is -0.670. The van der Waals surface area contributed by atoms with Gasteiger partial charge in [-0.15, -0.1) is 11.8 Å². The van der Waals surface area contributed by atoms with Crippen LogP contribution < -0.4 is 0 Å². The molecule has 2 unspecified atom stereocenters. The Morgan fingerprint density at radius 1 is 1.42 bits per heavy atom. The molecule has 2 nitrogen and oxygen atoms in total. The first-order valence-electron chi connectivity index (χ1n) is 6.81. The molecular weight excluding hydrogens is 280 g/mol. The van der Waals surface area contributed by atoms with Gasteiger partial charge in [-0.1, -0.05) is 37.8 Å². The third kappa shape index (κ3) is 3.67. The van der Waals surface area contributed by atoms with E-state index in [4.69, 9.17) is 16.7 Å². The van der Waals surface area contributed by atoms with E-state index in [2.05, 4.69) is 6.92 Å². The van der Waals surface area contributed by atoms with E-state index in [-0.39, 0.29) is 5.56 Å². The summed E-state index contributed by atoms with van der Waals surface area (Å²) >= 11 is 7.72. The van der Waals surface area contributed by atoms with Gasteiger partial charge >= 0.3 is 5.97 Å². The molecule has 1 aliphatic carbocycles. The molecule has 4 heteroatoms. The highest BCUT2D eigenvalue weighted by atomic mass is 35.5. The molecule has 0 saturated heterocycles. The lowest BCUT2D eigenvalue weighted by molar-refractivity contribution is 0.0697. The van der Waals surface area contributed by atoms with E-state index in [0.717, 1.165) is 10.8 Å². The first-order chi connectivity index (χ1) is 9.11. The Labute approximate surface area is 123 Å². The van der Waals surface area contributed by atoms with E-state index in [1.54, 1.807) is 12.1 Å². The van der Waals surface area contributed by atoms with Crippen LogP contribution in [0.3, 0.4) is 0 Å². The molecule has 0 aromatic heterocycles. The summed E-state index contributed by atoms with van der Waals surface area (Å²) in [5.74, 6) is -0.203. The number of aromatic carboxylic acids is 1. The molecule has 1 saturated carbocycles. The van der Waals surface area contributed by atoms with Crippen LogP contribution in [-0.2, 0) is 0 Å². The third-order valence-corrected chi connectivity index (χ3v) is 5.60. The SMILES string of the molecule is CCC1CCCCC1Sc1ccc(Cl)c(C(=O)O)c1. The summed E-state index contributed by atoms with van der Waals surface area (Å²) in [6.45, 7) is 2.24. The van der Waals surface area contributed by atoms with Crippen LogP contribution in [-0.4, -0.2) is 16.3 Å². The van der Waals surface area contributed by atoms with Crippen molar-refractivity contribution in [3.63, 3.8) is 0 Å². The van der Waals surface area contributed by atoms with Crippen LogP contribution >= 0.6 is 23.4 Å². The van der Waals surface area contributed by atoms with Crippen molar-refractivity contribution < 1.29 is 9.90 Å². The molecule has 1 aromatic rings. The molecular formula is C15H19ClO2S. The number of carbonyl (C=O) groups is 1. The lowest BCUT2D eigenvalue weighted by Crippen LogP contribution is -2.21. The Kier molecular flexibility index (Phi) is 5.17. The molecule has 0 heterocycles. The molecule has 2 rings (SSSR count). The highest BCUT2D eigenvalue weighted by molar-refractivity contribution is 8.00. The maximum atomic E-state index is 11.1. The maximum absolute atomic E-state index is 11.1. The predicted molar refractivity (Wildman–Crippen MR) is 80.3 cm³/mol. The van der Waals surface area contributed by atoms with Crippen LogP contribution in [0.2, 0.25) is 5.02 Å². The number of rotatable bonds is 4. The van der Waals surface area contributed by atoms with Crippen molar-refractivity contribution in [3.8, 4) is 0 Å². The van der Waals surface area contributed by atoms with E-state index in [1.165, 1.54) is 32.1 Å². The fraction of sp³-hybridized carbons (Fsp3) is 0.533. The first kappa shape index (κ1) is 14.7. The standard InChI is InChI=1S/C15H19ClO2S/c1-2-10-5-3-4-6-14(10)19-11-7-8-13(16)12(9-11)15(17)18/h7-10,14H,2-6H2,1H3,(H,17,18). The Morgan fingerprint density at radius 2 is 2.16 bits per heavy atom. The van der Waals surface area contributed by atoms with E-state index < -0.39 is 5.97 Å². The molecule has 0 aliphatic heterocycles. The van der Waals surface area contributed by atoms with Gasteiger partial charge in [-0.25, -0.2) is 4.79 Å². The zero-order chi connectivity index (χ0) is 13.8. The highest BCUT2D eigenvalue weighted by Crippen LogP contribution is 2.39. The van der Waals surface area contributed by atoms with Gasteiger partial charge < -0.3 is 5.11 Å². The average Bonchev–Trinajstić information content (AvgIpc) is 2.41. The number of hydrogen-bond donors (Lipinski definition) is 1. The normalized spacial score (nSPS) is 23.3. The van der Waals surface area contributed by atoms with Gasteiger partial charge in [0.05, 0.1) is 10.6 Å². The summed E-state index contributed by atoms with van der Waals surface area (Å²) in [5, 5.41) is 10.0. The van der Waals surface area contributed by atoms with Crippen LogP contribution in [0, 0.1) is 5.92 Å². The smallest absolute Gasteiger partial charge is 0.337 e. The monoisotopic (exact) mass is 298 g/mol. The molecule has 1 aliphatic rings. The van der Waals surface area contributed by atoms with Gasteiger partial charge in [0, 0.05) is 10.1 Å². The summed E-state index contributed by atoms with van der Waals surface area (Å²) in [7, 11) is 0. The van der Waals surface area contributed by atoms with Crippen molar-refractivity contribution in [1.29, 1.82) is 0 Å². The van der Waals surface area contributed by atoms with Crippen molar-refractivity contribution >= 4 is 29.3 Å². The minimum atomic E-state index is -0.955.